The molecule has 6 nitrogen and oxygen atoms in total. The molecule has 0 fully saturated rings. The van der Waals surface area contributed by atoms with Gasteiger partial charge < -0.3 is 5.32 Å². The summed E-state index contributed by atoms with van der Waals surface area (Å²) in [6.45, 7) is 1.62. The number of aliphatic imine (C=N–C) groups is 1. The van der Waals surface area contributed by atoms with Crippen molar-refractivity contribution >= 4 is 27.4 Å². The number of halogens is 3. The van der Waals surface area contributed by atoms with Crippen LogP contribution in [0.5, 0.6) is 0 Å². The van der Waals surface area contributed by atoms with Gasteiger partial charge in [0.2, 0.25) is 5.91 Å². The summed E-state index contributed by atoms with van der Waals surface area (Å²) in [5.41, 5.74) is -0.112. The number of rotatable bonds is 5. The molecule has 10 heteroatoms. The van der Waals surface area contributed by atoms with E-state index in [4.69, 9.17) is 0 Å². The van der Waals surface area contributed by atoms with Crippen LogP contribution < -0.4 is 5.32 Å². The van der Waals surface area contributed by atoms with Crippen LogP contribution in [0.2, 0.25) is 0 Å². The minimum atomic E-state index is -4.81. The van der Waals surface area contributed by atoms with Gasteiger partial charge in [-0.1, -0.05) is 54.6 Å². The topological polar surface area (TPSA) is 92.7 Å². The van der Waals surface area contributed by atoms with Crippen LogP contribution in [0.1, 0.15) is 22.7 Å². The van der Waals surface area contributed by atoms with Crippen molar-refractivity contribution in [2.24, 2.45) is 10.9 Å². The first-order valence-corrected chi connectivity index (χ1v) is 11.3. The van der Waals surface area contributed by atoms with Crippen molar-refractivity contribution in [1.29, 1.82) is 0 Å². The van der Waals surface area contributed by atoms with Gasteiger partial charge in [0, 0.05) is 6.26 Å². The van der Waals surface area contributed by atoms with Crippen LogP contribution in [0.4, 0.5) is 13.2 Å². The summed E-state index contributed by atoms with van der Waals surface area (Å²) in [4.78, 5) is 28.0. The number of carbonyl (C=O) groups excluding carboxylic acids is 2. The Morgan fingerprint density at radius 3 is 2.31 bits per heavy atom. The second kappa shape index (κ2) is 8.70. The standard InChI is InChI=1S/C22H19F3N2O4S/c1-13-7-6-10-15(19(13)32(2,30)31)18(14-8-4-3-5-9-14)27-21(29)16-11-12-17(22(23,24)25)26-20(16)28/h3-12,16,18H,1-2H3,(H,27,29). The number of carbonyl (C=O) groups is 2. The Labute approximate surface area is 182 Å². The lowest BCUT2D eigenvalue weighted by molar-refractivity contribution is -0.132. The number of sulfone groups is 1. The van der Waals surface area contributed by atoms with Crippen LogP contribution in [0.15, 0.2) is 70.6 Å². The summed E-state index contributed by atoms with van der Waals surface area (Å²) >= 11 is 0. The first-order chi connectivity index (χ1) is 14.9. The molecule has 0 bridgehead atoms. The molecule has 0 aromatic heterocycles. The van der Waals surface area contributed by atoms with Crippen LogP contribution in [0, 0.1) is 12.8 Å². The molecule has 2 atom stereocenters. The molecule has 2 aromatic rings. The molecule has 0 spiro atoms. The lowest BCUT2D eigenvalue weighted by Crippen LogP contribution is -2.39. The van der Waals surface area contributed by atoms with E-state index in [9.17, 15) is 31.2 Å². The predicted octanol–water partition coefficient (Wildman–Crippen LogP) is 3.32. The highest BCUT2D eigenvalue weighted by atomic mass is 32.2. The Kier molecular flexibility index (Phi) is 6.36. The predicted molar refractivity (Wildman–Crippen MR) is 112 cm³/mol. The largest absolute Gasteiger partial charge is 0.433 e. The van der Waals surface area contributed by atoms with Gasteiger partial charge in [-0.3, -0.25) is 9.59 Å². The Morgan fingerprint density at radius 2 is 1.75 bits per heavy atom. The third-order valence-electron chi connectivity index (χ3n) is 4.86. The molecule has 0 saturated heterocycles. The summed E-state index contributed by atoms with van der Waals surface area (Å²) in [5.74, 6) is -3.72. The van der Waals surface area contributed by atoms with Gasteiger partial charge in [-0.25, -0.2) is 13.4 Å². The first-order valence-electron chi connectivity index (χ1n) is 9.42. The molecular weight excluding hydrogens is 445 g/mol. The molecule has 0 aliphatic carbocycles. The smallest absolute Gasteiger partial charge is 0.344 e. The molecule has 168 valence electrons. The van der Waals surface area contributed by atoms with E-state index >= 15 is 0 Å². The summed E-state index contributed by atoms with van der Waals surface area (Å²) in [7, 11) is -3.69. The first kappa shape index (κ1) is 23.4. The highest BCUT2D eigenvalue weighted by Crippen LogP contribution is 2.31. The monoisotopic (exact) mass is 464 g/mol. The normalized spacial score (nSPS) is 17.6. The van der Waals surface area contributed by atoms with E-state index < -0.39 is 45.5 Å². The van der Waals surface area contributed by atoms with Gasteiger partial charge in [-0.05, 0) is 29.7 Å². The zero-order chi connectivity index (χ0) is 23.7. The Bertz CT molecular complexity index is 1220. The van der Waals surface area contributed by atoms with Crippen LogP contribution >= 0.6 is 0 Å². The van der Waals surface area contributed by atoms with Gasteiger partial charge in [0.25, 0.3) is 5.91 Å². The molecule has 1 aliphatic rings. The molecule has 2 amide bonds. The van der Waals surface area contributed by atoms with Crippen molar-refractivity contribution in [1.82, 2.24) is 5.32 Å². The number of nitrogens with one attached hydrogen (secondary N) is 1. The highest BCUT2D eigenvalue weighted by molar-refractivity contribution is 7.90. The highest BCUT2D eigenvalue weighted by Gasteiger charge is 2.39. The summed E-state index contributed by atoms with van der Waals surface area (Å²) in [5, 5.41) is 2.62. The van der Waals surface area contributed by atoms with Gasteiger partial charge in [0.15, 0.2) is 9.84 Å². The van der Waals surface area contributed by atoms with E-state index in [1.54, 1.807) is 55.5 Å². The van der Waals surface area contributed by atoms with E-state index in [1.807, 2.05) is 0 Å². The summed E-state index contributed by atoms with van der Waals surface area (Å²) in [6, 6.07) is 12.3. The Morgan fingerprint density at radius 1 is 1.09 bits per heavy atom. The van der Waals surface area contributed by atoms with Gasteiger partial charge in [-0.15, -0.1) is 0 Å². The van der Waals surface area contributed by atoms with Crippen molar-refractivity contribution in [2.45, 2.75) is 24.0 Å². The van der Waals surface area contributed by atoms with Crippen LogP contribution in [-0.4, -0.2) is 38.4 Å². The van der Waals surface area contributed by atoms with Crippen LogP contribution in [0.25, 0.3) is 0 Å². The molecule has 32 heavy (non-hydrogen) atoms. The lowest BCUT2D eigenvalue weighted by atomic mass is 9.95. The van der Waals surface area contributed by atoms with Gasteiger partial charge in [-0.2, -0.15) is 13.2 Å². The van der Waals surface area contributed by atoms with E-state index in [2.05, 4.69) is 10.3 Å². The Balaban J connectivity index is 2.02. The molecule has 3 rings (SSSR count). The average Bonchev–Trinajstić information content (AvgIpc) is 2.70. The van der Waals surface area contributed by atoms with Crippen molar-refractivity contribution in [3.63, 3.8) is 0 Å². The molecular formula is C22H19F3N2O4S. The number of amides is 2. The maximum atomic E-state index is 12.9. The van der Waals surface area contributed by atoms with Crippen molar-refractivity contribution in [3.8, 4) is 0 Å². The fourth-order valence-electron chi connectivity index (χ4n) is 3.48. The van der Waals surface area contributed by atoms with E-state index in [1.165, 1.54) is 0 Å². The zero-order valence-electron chi connectivity index (χ0n) is 17.1. The number of benzene rings is 2. The number of aryl methyl sites for hydroxylation is 1. The molecule has 1 heterocycles. The second-order valence-corrected chi connectivity index (χ2v) is 9.24. The molecule has 2 aromatic carbocycles. The summed E-state index contributed by atoms with van der Waals surface area (Å²) < 4.78 is 63.3. The molecule has 0 saturated carbocycles. The second-order valence-electron chi connectivity index (χ2n) is 7.29. The van der Waals surface area contributed by atoms with Gasteiger partial charge >= 0.3 is 6.18 Å². The number of nitrogens with zero attached hydrogens (tertiary/aromatic N) is 1. The average molecular weight is 464 g/mol. The Hall–Kier alpha value is -3.27. The van der Waals surface area contributed by atoms with Crippen molar-refractivity contribution in [2.75, 3.05) is 6.26 Å². The molecule has 0 radical (unpaired) electrons. The quantitative estimate of drug-likeness (QED) is 0.687. The fraction of sp³-hybridized carbons (Fsp3) is 0.227. The number of alkyl halides is 3. The number of dihydropyridines is 1. The van der Waals surface area contributed by atoms with Gasteiger partial charge in [0.1, 0.15) is 11.6 Å². The third-order valence-corrected chi connectivity index (χ3v) is 6.16. The number of allylic oxidation sites excluding steroid dienone is 1. The van der Waals surface area contributed by atoms with E-state index in [0.717, 1.165) is 12.3 Å². The van der Waals surface area contributed by atoms with E-state index in [0.29, 0.717) is 17.2 Å². The van der Waals surface area contributed by atoms with Crippen LogP contribution in [-0.2, 0) is 19.4 Å². The minimum absolute atomic E-state index is 0.0250. The minimum Gasteiger partial charge on any atom is -0.344 e. The van der Waals surface area contributed by atoms with Gasteiger partial charge in [0.05, 0.1) is 10.9 Å². The SMILES string of the molecule is Cc1cccc(C(NC(=O)C2C=CC(C(F)(F)F)=NC2=O)c2ccccc2)c1S(C)(=O)=O. The van der Waals surface area contributed by atoms with Crippen molar-refractivity contribution in [3.05, 3.63) is 77.4 Å². The maximum absolute atomic E-state index is 12.9. The molecule has 2 unspecified atom stereocenters. The number of hydrogen-bond donors (Lipinski definition) is 1. The lowest BCUT2D eigenvalue weighted by Gasteiger charge is -2.25. The maximum Gasteiger partial charge on any atom is 0.433 e. The summed E-state index contributed by atoms with van der Waals surface area (Å²) in [6.07, 6.45) is -2.35. The zero-order valence-corrected chi connectivity index (χ0v) is 17.9. The molecule has 1 N–H and O–H groups in total. The van der Waals surface area contributed by atoms with E-state index in [-0.39, 0.29) is 10.5 Å². The fourth-order valence-corrected chi connectivity index (χ4v) is 4.75. The third kappa shape index (κ3) is 4.96. The number of hydrogen-bond acceptors (Lipinski definition) is 4. The van der Waals surface area contributed by atoms with Crippen LogP contribution in [0.3, 0.4) is 0 Å². The molecule has 1 aliphatic heterocycles. The van der Waals surface area contributed by atoms with Crippen molar-refractivity contribution < 1.29 is 31.2 Å².